The van der Waals surface area contributed by atoms with Crippen molar-refractivity contribution in [2.45, 2.75) is 81.3 Å². The van der Waals surface area contributed by atoms with Gasteiger partial charge in [0.15, 0.2) is 0 Å². The summed E-state index contributed by atoms with van der Waals surface area (Å²) >= 11 is 0. The molecule has 0 saturated carbocycles. The Kier molecular flexibility index (Phi) is 11.5. The molecule has 0 bridgehead atoms. The first-order chi connectivity index (χ1) is 27.3. The number of amides is 3. The second kappa shape index (κ2) is 16.3. The van der Waals surface area contributed by atoms with E-state index >= 15 is 0 Å². The number of ether oxygens (including phenoxy) is 1. The number of piperidine rings is 2. The lowest BCUT2D eigenvalue weighted by molar-refractivity contribution is -0.202. The zero-order chi connectivity index (χ0) is 40.5. The largest absolute Gasteiger partial charge is 0.447 e. The smallest absolute Gasteiger partial charge is 0.416 e. The lowest BCUT2D eigenvalue weighted by atomic mass is 9.71. The normalized spacial score (nSPS) is 24.1. The molecule has 7 rings (SSSR count). The number of hydroxylamine groups is 2. The third-order valence-electron chi connectivity index (χ3n) is 12.0. The molecule has 0 aliphatic carbocycles. The number of likely N-dealkylation sites (N-methyl/N-ethyl adjacent to an activating group) is 1. The van der Waals surface area contributed by atoms with E-state index < -0.39 is 65.7 Å². The second-order valence-electron chi connectivity index (χ2n) is 15.4. The second-order valence-corrected chi connectivity index (χ2v) is 15.4. The molecule has 14 heteroatoms. The van der Waals surface area contributed by atoms with Crippen molar-refractivity contribution in [2.24, 2.45) is 0 Å². The molecule has 3 aromatic carbocycles. The van der Waals surface area contributed by atoms with Crippen molar-refractivity contribution in [3.63, 3.8) is 0 Å². The monoisotopic (exact) mass is 787 g/mol. The summed E-state index contributed by atoms with van der Waals surface area (Å²) in [7, 11) is 1.31. The first-order valence-corrected chi connectivity index (χ1v) is 19.5. The minimum atomic E-state index is -4.68. The van der Waals surface area contributed by atoms with Gasteiger partial charge in [-0.2, -0.15) is 13.2 Å². The van der Waals surface area contributed by atoms with Gasteiger partial charge in [-0.1, -0.05) is 79.7 Å². The summed E-state index contributed by atoms with van der Waals surface area (Å²) in [5.41, 5.74) is -0.773. The Balaban J connectivity index is 1.24. The summed E-state index contributed by atoms with van der Waals surface area (Å²) in [5, 5.41) is 1.58. The SMILES string of the molecule is C=Cc1ccccc1[C@H]1N([C@H](CC(=O)ON2CCC(N3CCCCC3)CC2)C(=O)N(C)c2cccc(C(F)(F)F)c2)C(=O)[C@@]1(C)N1C(=O)OC[C@@H]1c1ccccc1. The Labute approximate surface area is 330 Å². The average Bonchev–Trinajstić information content (AvgIpc) is 3.63. The van der Waals surface area contributed by atoms with Gasteiger partial charge in [0.25, 0.3) is 5.91 Å². The lowest BCUT2D eigenvalue weighted by Gasteiger charge is -2.60. The molecule has 4 fully saturated rings. The molecule has 4 heterocycles. The maximum absolute atomic E-state index is 15.0. The highest BCUT2D eigenvalue weighted by Gasteiger charge is 2.68. The number of β-lactam (4-membered cyclic amide) rings is 1. The van der Waals surface area contributed by atoms with Crippen molar-refractivity contribution in [1.29, 1.82) is 0 Å². The summed E-state index contributed by atoms with van der Waals surface area (Å²) in [6, 6.07) is 17.7. The van der Waals surface area contributed by atoms with Crippen LogP contribution >= 0.6 is 0 Å². The van der Waals surface area contributed by atoms with Gasteiger partial charge in [-0.25, -0.2) is 4.79 Å². The van der Waals surface area contributed by atoms with Gasteiger partial charge in [-0.15, -0.1) is 5.06 Å². The van der Waals surface area contributed by atoms with Crippen LogP contribution in [0.25, 0.3) is 6.08 Å². The van der Waals surface area contributed by atoms with E-state index in [0.29, 0.717) is 30.3 Å². The fraction of sp³-hybridized carbons (Fsp3) is 0.442. The molecule has 3 aromatic rings. The predicted molar refractivity (Wildman–Crippen MR) is 206 cm³/mol. The van der Waals surface area contributed by atoms with Crippen LogP contribution in [0.2, 0.25) is 0 Å². The van der Waals surface area contributed by atoms with Crippen LogP contribution in [0.4, 0.5) is 23.7 Å². The maximum Gasteiger partial charge on any atom is 0.416 e. The lowest BCUT2D eigenvalue weighted by Crippen LogP contribution is -2.77. The van der Waals surface area contributed by atoms with E-state index in [2.05, 4.69) is 11.5 Å². The van der Waals surface area contributed by atoms with E-state index in [1.54, 1.807) is 42.3 Å². The number of cyclic esters (lactones) is 1. The number of rotatable bonds is 11. The number of halogens is 3. The molecule has 302 valence electrons. The molecule has 57 heavy (non-hydrogen) atoms. The van der Waals surface area contributed by atoms with Gasteiger partial charge in [-0.05, 0) is 80.6 Å². The fourth-order valence-electron chi connectivity index (χ4n) is 8.98. The van der Waals surface area contributed by atoms with Crippen LogP contribution in [0.3, 0.4) is 0 Å². The zero-order valence-electron chi connectivity index (χ0n) is 32.2. The minimum Gasteiger partial charge on any atom is -0.447 e. The molecule has 0 spiro atoms. The number of carbonyl (C=O) groups is 4. The molecule has 11 nitrogen and oxygen atoms in total. The van der Waals surface area contributed by atoms with Crippen molar-refractivity contribution in [1.82, 2.24) is 19.8 Å². The summed E-state index contributed by atoms with van der Waals surface area (Å²) in [6.45, 7) is 8.63. The number of hydrogen-bond acceptors (Lipinski definition) is 8. The molecule has 3 amide bonds. The van der Waals surface area contributed by atoms with E-state index in [9.17, 15) is 32.3 Å². The van der Waals surface area contributed by atoms with Gasteiger partial charge in [0.05, 0.1) is 24.1 Å². The molecule has 4 aliphatic rings. The van der Waals surface area contributed by atoms with Gasteiger partial charge in [0.1, 0.15) is 18.2 Å². The molecular formula is C43H48F3N5O6. The van der Waals surface area contributed by atoms with E-state index in [4.69, 9.17) is 9.57 Å². The molecule has 0 N–H and O–H groups in total. The average molecular weight is 788 g/mol. The summed E-state index contributed by atoms with van der Waals surface area (Å²) in [4.78, 5) is 69.4. The highest BCUT2D eigenvalue weighted by molar-refractivity contribution is 6.05. The van der Waals surface area contributed by atoms with Crippen molar-refractivity contribution in [3.05, 3.63) is 108 Å². The highest BCUT2D eigenvalue weighted by atomic mass is 19.4. The summed E-state index contributed by atoms with van der Waals surface area (Å²) < 4.78 is 47.0. The van der Waals surface area contributed by atoms with Crippen LogP contribution < -0.4 is 4.90 Å². The third-order valence-corrected chi connectivity index (χ3v) is 12.0. The van der Waals surface area contributed by atoms with E-state index in [-0.39, 0.29) is 12.3 Å². The number of hydrogen-bond donors (Lipinski definition) is 0. The Morgan fingerprint density at radius 1 is 0.965 bits per heavy atom. The van der Waals surface area contributed by atoms with Gasteiger partial charge < -0.3 is 24.3 Å². The molecule has 0 aromatic heterocycles. The van der Waals surface area contributed by atoms with E-state index in [1.165, 1.54) is 35.4 Å². The summed E-state index contributed by atoms with van der Waals surface area (Å²) in [6.07, 6.45) is 0.740. The van der Waals surface area contributed by atoms with E-state index in [0.717, 1.165) is 61.4 Å². The van der Waals surface area contributed by atoms with Crippen molar-refractivity contribution >= 4 is 35.6 Å². The number of alkyl halides is 3. The Bertz CT molecular complexity index is 1980. The standard InChI is InChI=1S/C43H48F3N5O6/c1-4-29-14-9-10-19-34(29)38-42(2,51-36(28-56-41(51)55)30-15-7-5-8-16-30)40(54)50(38)35(39(53)47(3)33-18-13-17-31(26-33)43(44,45)46)27-37(52)57-49-24-20-32(21-25-49)48-22-11-6-12-23-48/h4-5,7-10,13-19,26,32,35-36,38H,1,6,11-12,20-25,27-28H2,2-3H3/t35-,36-,38-,42+/m1/s1. The first-order valence-electron chi connectivity index (χ1n) is 19.5. The van der Waals surface area contributed by atoms with Crippen LogP contribution in [-0.2, 0) is 30.1 Å². The van der Waals surface area contributed by atoms with Gasteiger partial charge in [0, 0.05) is 31.9 Å². The number of anilines is 1. The molecule has 4 saturated heterocycles. The predicted octanol–water partition coefficient (Wildman–Crippen LogP) is 7.01. The van der Waals surface area contributed by atoms with Crippen molar-refractivity contribution < 1.29 is 41.9 Å². The quantitative estimate of drug-likeness (QED) is 0.191. The Hall–Kier alpha value is -5.21. The molecular weight excluding hydrogens is 739 g/mol. The molecule has 0 unspecified atom stereocenters. The van der Waals surface area contributed by atoms with Crippen LogP contribution in [-0.4, -0.2) is 101 Å². The van der Waals surface area contributed by atoms with Gasteiger partial charge >= 0.3 is 18.2 Å². The summed E-state index contributed by atoms with van der Waals surface area (Å²) in [5.74, 6) is -2.23. The van der Waals surface area contributed by atoms with Crippen LogP contribution in [0, 0.1) is 0 Å². The van der Waals surface area contributed by atoms with E-state index in [1.807, 2.05) is 30.3 Å². The van der Waals surface area contributed by atoms with Gasteiger partial charge in [-0.3, -0.25) is 19.3 Å². The topological polar surface area (TPSA) is 103 Å². The minimum absolute atomic E-state index is 0.0248. The third kappa shape index (κ3) is 7.76. The van der Waals surface area contributed by atoms with Crippen molar-refractivity contribution in [2.75, 3.05) is 44.7 Å². The zero-order valence-corrected chi connectivity index (χ0v) is 32.2. The fourth-order valence-corrected chi connectivity index (χ4v) is 8.98. The molecule has 0 radical (unpaired) electrons. The van der Waals surface area contributed by atoms with Crippen LogP contribution in [0.15, 0.2) is 85.4 Å². The number of likely N-dealkylation sites (tertiary alicyclic amines) is 2. The Morgan fingerprint density at radius 3 is 2.33 bits per heavy atom. The number of benzene rings is 3. The van der Waals surface area contributed by atoms with Crippen LogP contribution in [0.5, 0.6) is 0 Å². The number of nitrogens with zero attached hydrogens (tertiary/aromatic N) is 5. The van der Waals surface area contributed by atoms with Gasteiger partial charge in [0.2, 0.25) is 5.91 Å². The molecule has 4 aliphatic heterocycles. The highest BCUT2D eigenvalue weighted by Crippen LogP contribution is 2.53. The Morgan fingerprint density at radius 2 is 1.65 bits per heavy atom. The first kappa shape index (κ1) is 40.0. The number of carbonyl (C=O) groups excluding carboxylic acids is 4. The van der Waals surface area contributed by atoms with Crippen molar-refractivity contribution in [3.8, 4) is 0 Å². The van der Waals surface area contributed by atoms with Crippen LogP contribution in [0.1, 0.15) is 79.8 Å². The molecule has 4 atom stereocenters. The maximum atomic E-state index is 15.0.